The molecule has 0 saturated carbocycles. The van der Waals surface area contributed by atoms with E-state index in [1.807, 2.05) is 42.3 Å². The zero-order valence-corrected chi connectivity index (χ0v) is 16.4. The van der Waals surface area contributed by atoms with Crippen LogP contribution in [0.15, 0.2) is 78.9 Å². The largest absolute Gasteiger partial charge is 0.324 e. The van der Waals surface area contributed by atoms with Gasteiger partial charge in [-0.05, 0) is 49.4 Å². The van der Waals surface area contributed by atoms with E-state index in [0.29, 0.717) is 17.8 Å². The smallest absolute Gasteiger partial charge is 0.246 e. The molecule has 29 heavy (non-hydrogen) atoms. The lowest BCUT2D eigenvalue weighted by Gasteiger charge is -2.27. The predicted octanol–water partition coefficient (Wildman–Crippen LogP) is 4.84. The minimum absolute atomic E-state index is 0.0610. The van der Waals surface area contributed by atoms with Crippen molar-refractivity contribution in [2.75, 3.05) is 12.4 Å². The second kappa shape index (κ2) is 9.26. The fourth-order valence-electron chi connectivity index (χ4n) is 3.24. The summed E-state index contributed by atoms with van der Waals surface area (Å²) in [5.41, 5.74) is 2.86. The summed E-state index contributed by atoms with van der Waals surface area (Å²) >= 11 is 0. The maximum atomic E-state index is 13.2. The Labute approximate surface area is 170 Å². The van der Waals surface area contributed by atoms with Crippen LogP contribution < -0.4 is 5.32 Å². The number of likely N-dealkylation sites (N-methyl/N-ethyl adjacent to an activating group) is 1. The van der Waals surface area contributed by atoms with Crippen LogP contribution in [0.3, 0.4) is 0 Å². The number of nitrogens with zero attached hydrogens (tertiary/aromatic N) is 1. The van der Waals surface area contributed by atoms with Gasteiger partial charge in [0.05, 0.1) is 0 Å². The molecule has 0 aromatic heterocycles. The Bertz CT molecular complexity index is 987. The second-order valence-corrected chi connectivity index (χ2v) is 6.98. The van der Waals surface area contributed by atoms with Gasteiger partial charge in [-0.15, -0.1) is 0 Å². The number of carbonyl (C=O) groups is 2. The molecule has 3 rings (SSSR count). The topological polar surface area (TPSA) is 49.4 Å². The van der Waals surface area contributed by atoms with Gasteiger partial charge in [0, 0.05) is 17.8 Å². The van der Waals surface area contributed by atoms with Crippen LogP contribution in [0.1, 0.15) is 34.5 Å². The number of carbonyl (C=O) groups excluding carboxylic acids is 2. The van der Waals surface area contributed by atoms with E-state index in [9.17, 15) is 14.0 Å². The van der Waals surface area contributed by atoms with E-state index in [1.54, 1.807) is 36.4 Å². The van der Waals surface area contributed by atoms with Crippen LogP contribution in [0.25, 0.3) is 0 Å². The number of benzene rings is 3. The first kappa shape index (κ1) is 20.4. The third-order valence-electron chi connectivity index (χ3n) is 4.69. The molecule has 1 unspecified atom stereocenters. The lowest BCUT2D eigenvalue weighted by Crippen LogP contribution is -2.34. The van der Waals surface area contributed by atoms with Gasteiger partial charge in [-0.1, -0.05) is 54.6 Å². The Morgan fingerprint density at radius 2 is 1.66 bits per heavy atom. The molecule has 1 amide bonds. The van der Waals surface area contributed by atoms with E-state index in [-0.39, 0.29) is 17.5 Å². The van der Waals surface area contributed by atoms with E-state index in [2.05, 4.69) is 5.32 Å². The Hall–Kier alpha value is -3.31. The standard InChI is InChI=1S/C24H23FN2O2/c1-17(28)20-9-6-10-22(15-20)26-24(29)23(19-7-4-3-5-8-19)27(2)16-18-11-13-21(25)14-12-18/h3-15,23H,16H2,1-2H3,(H,26,29). The molecule has 3 aromatic carbocycles. The fraction of sp³-hybridized carbons (Fsp3) is 0.167. The lowest BCUT2D eigenvalue weighted by atomic mass is 10.0. The van der Waals surface area contributed by atoms with E-state index < -0.39 is 6.04 Å². The van der Waals surface area contributed by atoms with Crippen molar-refractivity contribution in [3.63, 3.8) is 0 Å². The highest BCUT2D eigenvalue weighted by atomic mass is 19.1. The summed E-state index contributed by atoms with van der Waals surface area (Å²) in [4.78, 5) is 26.7. The number of rotatable bonds is 7. The highest BCUT2D eigenvalue weighted by Gasteiger charge is 2.25. The summed E-state index contributed by atoms with van der Waals surface area (Å²) in [6, 6.07) is 22.0. The van der Waals surface area contributed by atoms with Crippen molar-refractivity contribution in [2.24, 2.45) is 0 Å². The molecule has 4 nitrogen and oxygen atoms in total. The van der Waals surface area contributed by atoms with Gasteiger partial charge in [-0.3, -0.25) is 14.5 Å². The van der Waals surface area contributed by atoms with Crippen molar-refractivity contribution in [1.29, 1.82) is 0 Å². The Morgan fingerprint density at radius 1 is 0.966 bits per heavy atom. The second-order valence-electron chi connectivity index (χ2n) is 6.98. The van der Waals surface area contributed by atoms with Crippen LogP contribution in [-0.4, -0.2) is 23.6 Å². The number of Topliss-reactive ketones (excluding diaryl/α,β-unsaturated/α-hetero) is 1. The fourth-order valence-corrected chi connectivity index (χ4v) is 3.24. The van der Waals surface area contributed by atoms with Crippen molar-refractivity contribution in [3.8, 4) is 0 Å². The first-order valence-electron chi connectivity index (χ1n) is 9.35. The highest BCUT2D eigenvalue weighted by molar-refractivity contribution is 5.98. The van der Waals surface area contributed by atoms with Gasteiger partial charge < -0.3 is 5.32 Å². The van der Waals surface area contributed by atoms with E-state index in [1.165, 1.54) is 19.1 Å². The molecule has 0 aliphatic carbocycles. The number of hydrogen-bond acceptors (Lipinski definition) is 3. The van der Waals surface area contributed by atoms with Crippen molar-refractivity contribution in [3.05, 3.63) is 101 Å². The molecule has 148 valence electrons. The zero-order valence-electron chi connectivity index (χ0n) is 16.4. The van der Waals surface area contributed by atoms with Gasteiger partial charge in [0.15, 0.2) is 5.78 Å². The first-order chi connectivity index (χ1) is 13.9. The normalized spacial score (nSPS) is 11.9. The van der Waals surface area contributed by atoms with Crippen LogP contribution in [0.2, 0.25) is 0 Å². The molecule has 3 aromatic rings. The number of anilines is 1. The summed E-state index contributed by atoms with van der Waals surface area (Å²) < 4.78 is 13.2. The van der Waals surface area contributed by atoms with Crippen LogP contribution in [0.5, 0.6) is 0 Å². The Morgan fingerprint density at radius 3 is 2.31 bits per heavy atom. The summed E-state index contributed by atoms with van der Waals surface area (Å²) in [7, 11) is 1.85. The number of ketones is 1. The summed E-state index contributed by atoms with van der Waals surface area (Å²) in [5, 5.41) is 2.92. The minimum Gasteiger partial charge on any atom is -0.324 e. The molecule has 0 radical (unpaired) electrons. The van der Waals surface area contributed by atoms with Crippen LogP contribution in [-0.2, 0) is 11.3 Å². The van der Waals surface area contributed by atoms with E-state index in [4.69, 9.17) is 0 Å². The minimum atomic E-state index is -0.553. The quantitative estimate of drug-likeness (QED) is 0.587. The van der Waals surface area contributed by atoms with Crippen LogP contribution in [0, 0.1) is 5.82 Å². The molecule has 0 aliphatic rings. The SMILES string of the molecule is CC(=O)c1cccc(NC(=O)C(c2ccccc2)N(C)Cc2ccc(F)cc2)c1. The van der Waals surface area contributed by atoms with Crippen molar-refractivity contribution in [2.45, 2.75) is 19.5 Å². The van der Waals surface area contributed by atoms with Crippen molar-refractivity contribution >= 4 is 17.4 Å². The van der Waals surface area contributed by atoms with Crippen LogP contribution >= 0.6 is 0 Å². The average Bonchev–Trinajstić information content (AvgIpc) is 2.71. The van der Waals surface area contributed by atoms with Gasteiger partial charge in [-0.25, -0.2) is 4.39 Å². The molecule has 0 spiro atoms. The van der Waals surface area contributed by atoms with Crippen LogP contribution in [0.4, 0.5) is 10.1 Å². The summed E-state index contributed by atoms with van der Waals surface area (Å²) in [6.45, 7) is 1.96. The molecular formula is C24H23FN2O2. The molecule has 0 fully saturated rings. The summed E-state index contributed by atoms with van der Waals surface area (Å²) in [6.07, 6.45) is 0. The Kier molecular flexibility index (Phi) is 6.52. The van der Waals surface area contributed by atoms with Gasteiger partial charge in [0.25, 0.3) is 0 Å². The van der Waals surface area contributed by atoms with Gasteiger partial charge in [0.2, 0.25) is 5.91 Å². The zero-order chi connectivity index (χ0) is 20.8. The molecule has 1 N–H and O–H groups in total. The maximum Gasteiger partial charge on any atom is 0.246 e. The molecule has 0 heterocycles. The van der Waals surface area contributed by atoms with E-state index >= 15 is 0 Å². The van der Waals surface area contributed by atoms with Gasteiger partial charge in [0.1, 0.15) is 11.9 Å². The highest BCUT2D eigenvalue weighted by Crippen LogP contribution is 2.24. The third-order valence-corrected chi connectivity index (χ3v) is 4.69. The van der Waals surface area contributed by atoms with E-state index in [0.717, 1.165) is 11.1 Å². The van der Waals surface area contributed by atoms with Crippen molar-refractivity contribution < 1.29 is 14.0 Å². The summed E-state index contributed by atoms with van der Waals surface area (Å²) in [5.74, 6) is -0.560. The number of amides is 1. The molecule has 0 saturated heterocycles. The number of halogens is 1. The maximum absolute atomic E-state index is 13.2. The monoisotopic (exact) mass is 390 g/mol. The lowest BCUT2D eigenvalue weighted by molar-refractivity contribution is -0.121. The van der Waals surface area contributed by atoms with Gasteiger partial charge >= 0.3 is 0 Å². The third kappa shape index (κ3) is 5.36. The first-order valence-corrected chi connectivity index (χ1v) is 9.35. The molecular weight excluding hydrogens is 367 g/mol. The number of nitrogens with one attached hydrogen (secondary N) is 1. The Balaban J connectivity index is 1.85. The molecule has 5 heteroatoms. The average molecular weight is 390 g/mol. The molecule has 0 aliphatic heterocycles. The number of hydrogen-bond donors (Lipinski definition) is 1. The molecule has 0 bridgehead atoms. The van der Waals surface area contributed by atoms with Gasteiger partial charge in [-0.2, -0.15) is 0 Å². The predicted molar refractivity (Wildman–Crippen MR) is 112 cm³/mol. The van der Waals surface area contributed by atoms with Crippen molar-refractivity contribution in [1.82, 2.24) is 4.90 Å². The molecule has 1 atom stereocenters.